The van der Waals surface area contributed by atoms with Crippen LogP contribution < -0.4 is 29.6 Å². The Hall–Kier alpha value is -4.64. The number of anilines is 2. The molecule has 11 nitrogen and oxygen atoms in total. The van der Waals surface area contributed by atoms with E-state index in [0.717, 1.165) is 22.4 Å². The molecule has 3 N–H and O–H groups in total. The van der Waals surface area contributed by atoms with Crippen molar-refractivity contribution < 1.29 is 38.4 Å². The summed E-state index contributed by atoms with van der Waals surface area (Å²) >= 11 is 0. The molecule has 226 valence electrons. The molecule has 2 aliphatic heterocycles. The molecule has 4 atom stereocenters. The van der Waals surface area contributed by atoms with Crippen LogP contribution in [0.15, 0.2) is 48.5 Å². The van der Waals surface area contributed by atoms with Gasteiger partial charge in [0.2, 0.25) is 18.4 Å². The summed E-state index contributed by atoms with van der Waals surface area (Å²) < 4.78 is 28.1. The lowest BCUT2D eigenvalue weighted by Gasteiger charge is -2.40. The molecule has 1 fully saturated rings. The molecule has 0 radical (unpaired) electrons. The van der Waals surface area contributed by atoms with E-state index in [9.17, 15) is 14.7 Å². The molecular formula is C32H35N3O8. The first kappa shape index (κ1) is 28.5. The maximum Gasteiger partial charge on any atom is 0.310 e. The molecule has 6 rings (SSSR count). The Balaban J connectivity index is 1.37. The van der Waals surface area contributed by atoms with E-state index < -0.39 is 11.8 Å². The second-order valence-corrected chi connectivity index (χ2v) is 11.2. The van der Waals surface area contributed by atoms with Crippen molar-refractivity contribution in [2.45, 2.75) is 18.4 Å². The Morgan fingerprint density at radius 1 is 0.953 bits per heavy atom. The van der Waals surface area contributed by atoms with Gasteiger partial charge in [-0.1, -0.05) is 0 Å². The number of ether oxygens (including phenoxy) is 5. The van der Waals surface area contributed by atoms with Gasteiger partial charge in [0.05, 0.1) is 32.8 Å². The number of rotatable bonds is 9. The van der Waals surface area contributed by atoms with E-state index >= 15 is 0 Å². The Kier molecular flexibility index (Phi) is 7.66. The number of hydrogen-bond donors (Lipinski definition) is 3. The minimum absolute atomic E-state index is 0.0512. The maximum atomic E-state index is 13.4. The van der Waals surface area contributed by atoms with Crippen molar-refractivity contribution >= 4 is 23.3 Å². The van der Waals surface area contributed by atoms with Gasteiger partial charge in [0.1, 0.15) is 0 Å². The predicted octanol–water partition coefficient (Wildman–Crippen LogP) is 4.12. The summed E-state index contributed by atoms with van der Waals surface area (Å²) in [4.78, 5) is 27.7. The fraction of sp³-hybridized carbons (Fsp3) is 0.375. The van der Waals surface area contributed by atoms with E-state index in [0.29, 0.717) is 30.2 Å². The first-order chi connectivity index (χ1) is 20.8. The Labute approximate surface area is 249 Å². The largest absolute Gasteiger partial charge is 0.502 e. The second kappa shape index (κ2) is 11.6. The highest BCUT2D eigenvalue weighted by atomic mass is 16.7. The van der Waals surface area contributed by atoms with Crippen LogP contribution in [0.2, 0.25) is 0 Å². The molecule has 1 amide bonds. The van der Waals surface area contributed by atoms with Crippen LogP contribution in [0.25, 0.3) is 0 Å². The van der Waals surface area contributed by atoms with Crippen LogP contribution in [0, 0.1) is 11.8 Å². The first-order valence-corrected chi connectivity index (χ1v) is 14.1. The van der Waals surface area contributed by atoms with Gasteiger partial charge in [-0.2, -0.15) is 0 Å². The maximum absolute atomic E-state index is 13.4. The lowest BCUT2D eigenvalue weighted by molar-refractivity contribution is -0.141. The third kappa shape index (κ3) is 5.36. The van der Waals surface area contributed by atoms with Gasteiger partial charge in [-0.15, -0.1) is 0 Å². The number of phenols is 1. The van der Waals surface area contributed by atoms with Gasteiger partial charge in [-0.3, -0.25) is 9.59 Å². The smallest absolute Gasteiger partial charge is 0.310 e. The molecule has 11 heteroatoms. The number of aromatic hydroxyl groups is 1. The summed E-state index contributed by atoms with van der Waals surface area (Å²) in [7, 11) is 6.80. The average molecular weight is 590 g/mol. The highest BCUT2D eigenvalue weighted by molar-refractivity contribution is 5.91. The second-order valence-electron chi connectivity index (χ2n) is 11.2. The monoisotopic (exact) mass is 589 g/mol. The molecule has 2 heterocycles. The van der Waals surface area contributed by atoms with Crippen LogP contribution >= 0.6 is 0 Å². The van der Waals surface area contributed by atoms with Crippen molar-refractivity contribution in [1.29, 1.82) is 0 Å². The van der Waals surface area contributed by atoms with Gasteiger partial charge in [0.15, 0.2) is 23.0 Å². The lowest BCUT2D eigenvalue weighted by atomic mass is 9.65. The van der Waals surface area contributed by atoms with E-state index in [2.05, 4.69) is 10.6 Å². The average Bonchev–Trinajstić information content (AvgIpc) is 3.62. The summed E-state index contributed by atoms with van der Waals surface area (Å²) in [6, 6.07) is 14.6. The van der Waals surface area contributed by atoms with E-state index in [-0.39, 0.29) is 54.5 Å². The van der Waals surface area contributed by atoms with Crippen LogP contribution in [0.1, 0.15) is 35.1 Å². The molecular weight excluding hydrogens is 554 g/mol. The van der Waals surface area contributed by atoms with Gasteiger partial charge >= 0.3 is 5.97 Å². The number of cyclic esters (lactones) is 1. The molecule has 0 bridgehead atoms. The number of esters is 1. The molecule has 1 aliphatic carbocycles. The molecule has 0 aromatic heterocycles. The minimum atomic E-state index is -0.528. The van der Waals surface area contributed by atoms with Crippen molar-refractivity contribution in [2.24, 2.45) is 11.8 Å². The number of amides is 1. The number of fused-ring (bicyclic) bond motifs is 3. The minimum Gasteiger partial charge on any atom is -0.502 e. The normalized spacial score (nSPS) is 21.6. The predicted molar refractivity (Wildman–Crippen MR) is 158 cm³/mol. The third-order valence-electron chi connectivity index (χ3n) is 8.33. The Morgan fingerprint density at radius 3 is 2.21 bits per heavy atom. The number of hydrogen-bond acceptors (Lipinski definition) is 10. The van der Waals surface area contributed by atoms with Gasteiger partial charge in [-0.05, 0) is 79.3 Å². The summed E-state index contributed by atoms with van der Waals surface area (Å²) in [6.07, 6.45) is 0.402. The number of carbonyl (C=O) groups excluding carboxylic acids is 2. The number of nitrogens with one attached hydrogen (secondary N) is 2. The molecule has 3 aromatic carbocycles. The van der Waals surface area contributed by atoms with Crippen molar-refractivity contribution in [3.8, 4) is 28.7 Å². The fourth-order valence-electron chi connectivity index (χ4n) is 6.22. The summed E-state index contributed by atoms with van der Waals surface area (Å²) in [5.41, 5.74) is 4.09. The summed E-state index contributed by atoms with van der Waals surface area (Å²) in [5, 5.41) is 17.1. The quantitative estimate of drug-likeness (QED) is 0.314. The summed E-state index contributed by atoms with van der Waals surface area (Å²) in [5.74, 6) is 0.0767. The standard InChI is InChI=1S/C32H35N3O8/c1-35(2)10-9-27(36)33-18-5-7-19(8-6-18)34-30-21-14-24-23(42-16-43-24)13-20(21)28(29-22(30)15-41-32(29)38)17-11-25(39-3)31(37)26(12-17)40-4/h5-8,11-14,22,28-30,34,37H,9-10,15-16H2,1-4H3,(H,33,36)/t22-,28+,29-,30+/m0/s1. The number of phenolic OH excluding ortho intramolecular Hbond substituents is 1. The molecule has 3 aromatic rings. The third-order valence-corrected chi connectivity index (χ3v) is 8.33. The van der Waals surface area contributed by atoms with Crippen molar-refractivity contribution in [1.82, 2.24) is 4.90 Å². The van der Waals surface area contributed by atoms with Crippen molar-refractivity contribution in [3.63, 3.8) is 0 Å². The fourth-order valence-corrected chi connectivity index (χ4v) is 6.22. The summed E-state index contributed by atoms with van der Waals surface area (Å²) in [6.45, 7) is 1.01. The van der Waals surface area contributed by atoms with Crippen LogP contribution in [0.3, 0.4) is 0 Å². The molecule has 43 heavy (non-hydrogen) atoms. The molecule has 1 saturated heterocycles. The van der Waals surface area contributed by atoms with E-state index in [1.807, 2.05) is 55.4 Å². The number of nitrogens with zero attached hydrogens (tertiary/aromatic N) is 1. The first-order valence-electron chi connectivity index (χ1n) is 14.1. The van der Waals surface area contributed by atoms with Crippen molar-refractivity contribution in [2.75, 3.05) is 58.9 Å². The van der Waals surface area contributed by atoms with Crippen LogP contribution in [-0.2, 0) is 14.3 Å². The van der Waals surface area contributed by atoms with Crippen molar-refractivity contribution in [3.05, 3.63) is 65.2 Å². The van der Waals surface area contributed by atoms with Gasteiger partial charge in [0, 0.05) is 36.2 Å². The molecule has 3 aliphatic rings. The SMILES string of the molecule is COc1cc([C@@H]2c3cc4c(cc3[C@@H](Nc3ccc(NC(=O)CCN(C)C)cc3)[C@H]3COC(=O)[C@H]23)OCO4)cc(OC)c1O. The van der Waals surface area contributed by atoms with E-state index in [1.165, 1.54) is 14.2 Å². The van der Waals surface area contributed by atoms with E-state index in [4.69, 9.17) is 23.7 Å². The van der Waals surface area contributed by atoms with Crippen LogP contribution in [0.4, 0.5) is 11.4 Å². The molecule has 0 unspecified atom stereocenters. The number of methoxy groups -OCH3 is 2. The van der Waals surface area contributed by atoms with Crippen LogP contribution in [-0.4, -0.2) is 70.1 Å². The zero-order chi connectivity index (χ0) is 30.2. The highest BCUT2D eigenvalue weighted by Crippen LogP contribution is 2.56. The van der Waals surface area contributed by atoms with E-state index in [1.54, 1.807) is 12.1 Å². The Morgan fingerprint density at radius 2 is 1.58 bits per heavy atom. The van der Waals surface area contributed by atoms with Gasteiger partial charge < -0.3 is 44.3 Å². The zero-order valence-corrected chi connectivity index (χ0v) is 24.5. The molecule has 0 saturated carbocycles. The number of benzene rings is 3. The van der Waals surface area contributed by atoms with Gasteiger partial charge in [0.25, 0.3) is 0 Å². The highest BCUT2D eigenvalue weighted by Gasteiger charge is 2.52. The topological polar surface area (TPSA) is 128 Å². The Bertz CT molecular complexity index is 1520. The van der Waals surface area contributed by atoms with Gasteiger partial charge in [-0.25, -0.2) is 0 Å². The zero-order valence-electron chi connectivity index (χ0n) is 24.5. The van der Waals surface area contributed by atoms with Crippen LogP contribution in [0.5, 0.6) is 28.7 Å². The molecule has 0 spiro atoms. The lowest BCUT2D eigenvalue weighted by Crippen LogP contribution is -2.37. The number of carbonyl (C=O) groups is 2.